The molecule has 2 heterocycles. The summed E-state index contributed by atoms with van der Waals surface area (Å²) in [7, 11) is 0. The quantitative estimate of drug-likeness (QED) is 0.879. The molecule has 1 aromatic rings. The lowest BCUT2D eigenvalue weighted by Crippen LogP contribution is -2.42. The molecule has 0 unspecified atom stereocenters. The lowest BCUT2D eigenvalue weighted by atomic mass is 10.0. The summed E-state index contributed by atoms with van der Waals surface area (Å²) < 4.78 is 0. The molecule has 2 aliphatic rings. The maximum Gasteiger partial charge on any atom is 0.0328 e. The van der Waals surface area contributed by atoms with Gasteiger partial charge in [-0.1, -0.05) is 0 Å². The summed E-state index contributed by atoms with van der Waals surface area (Å²) in [4.78, 5) is 5.57. The van der Waals surface area contributed by atoms with E-state index in [1.165, 1.54) is 55.1 Å². The highest BCUT2D eigenvalue weighted by molar-refractivity contribution is 7.11. The Labute approximate surface area is 114 Å². The second kappa shape index (κ2) is 5.72. The third kappa shape index (κ3) is 3.56. The molecule has 0 aromatic carbocycles. The Morgan fingerprint density at radius 1 is 1.22 bits per heavy atom. The van der Waals surface area contributed by atoms with E-state index in [2.05, 4.69) is 29.3 Å². The normalized spacial score (nSPS) is 22.5. The molecule has 3 heteroatoms. The van der Waals surface area contributed by atoms with E-state index < -0.39 is 0 Å². The van der Waals surface area contributed by atoms with Crippen molar-refractivity contribution in [3.63, 3.8) is 0 Å². The number of hydrogen-bond donors (Lipinski definition) is 1. The van der Waals surface area contributed by atoms with Gasteiger partial charge in [-0.25, -0.2) is 0 Å². The third-order valence-corrected chi connectivity index (χ3v) is 5.14. The molecule has 1 saturated carbocycles. The van der Waals surface area contributed by atoms with Crippen LogP contribution in [0.3, 0.4) is 0 Å². The zero-order valence-corrected chi connectivity index (χ0v) is 12.1. The average Bonchev–Trinajstić information content (AvgIpc) is 3.12. The molecule has 1 saturated heterocycles. The van der Waals surface area contributed by atoms with Crippen LogP contribution in [0.4, 0.5) is 0 Å². The van der Waals surface area contributed by atoms with Crippen molar-refractivity contribution in [3.8, 4) is 0 Å². The maximum atomic E-state index is 3.75. The highest BCUT2D eigenvalue weighted by atomic mass is 32.1. The van der Waals surface area contributed by atoms with Crippen LogP contribution in [0.2, 0.25) is 0 Å². The predicted octanol–water partition coefficient (Wildman–Crippen LogP) is 3.02. The van der Waals surface area contributed by atoms with Crippen LogP contribution >= 0.6 is 11.3 Å². The van der Waals surface area contributed by atoms with E-state index in [4.69, 9.17) is 0 Å². The minimum absolute atomic E-state index is 0.784. The molecular formula is C15H24N2S. The van der Waals surface area contributed by atoms with Gasteiger partial charge in [0.2, 0.25) is 0 Å². The Hall–Kier alpha value is -0.380. The number of piperidine rings is 1. The molecular weight excluding hydrogens is 240 g/mol. The first-order valence-electron chi connectivity index (χ1n) is 7.30. The van der Waals surface area contributed by atoms with Crippen LogP contribution in [0.15, 0.2) is 12.1 Å². The fraction of sp³-hybridized carbons (Fsp3) is 0.733. The smallest absolute Gasteiger partial charge is 0.0328 e. The van der Waals surface area contributed by atoms with E-state index in [0.717, 1.165) is 18.5 Å². The molecule has 3 rings (SSSR count). The van der Waals surface area contributed by atoms with Gasteiger partial charge in [-0.3, -0.25) is 4.90 Å². The number of likely N-dealkylation sites (tertiary alicyclic amines) is 1. The van der Waals surface area contributed by atoms with E-state index >= 15 is 0 Å². The van der Waals surface area contributed by atoms with Crippen molar-refractivity contribution in [2.24, 2.45) is 5.92 Å². The van der Waals surface area contributed by atoms with Gasteiger partial charge in [-0.05, 0) is 70.3 Å². The van der Waals surface area contributed by atoms with Gasteiger partial charge in [0, 0.05) is 22.3 Å². The van der Waals surface area contributed by atoms with Gasteiger partial charge in [-0.15, -0.1) is 11.3 Å². The molecule has 0 radical (unpaired) electrons. The Kier molecular flexibility index (Phi) is 4.02. The van der Waals surface area contributed by atoms with Gasteiger partial charge in [0.05, 0.1) is 0 Å². The van der Waals surface area contributed by atoms with Gasteiger partial charge in [0.15, 0.2) is 0 Å². The largest absolute Gasteiger partial charge is 0.314 e. The van der Waals surface area contributed by atoms with Crippen molar-refractivity contribution in [1.29, 1.82) is 0 Å². The molecule has 1 aromatic heterocycles. The number of nitrogens with zero attached hydrogens (tertiary/aromatic N) is 1. The van der Waals surface area contributed by atoms with E-state index in [9.17, 15) is 0 Å². The Morgan fingerprint density at radius 2 is 2.00 bits per heavy atom. The predicted molar refractivity (Wildman–Crippen MR) is 78.1 cm³/mol. The Balaban J connectivity index is 1.39. The summed E-state index contributed by atoms with van der Waals surface area (Å²) >= 11 is 1.95. The van der Waals surface area contributed by atoms with E-state index in [-0.39, 0.29) is 0 Å². The van der Waals surface area contributed by atoms with Crippen LogP contribution in [0.5, 0.6) is 0 Å². The average molecular weight is 264 g/mol. The fourth-order valence-electron chi connectivity index (χ4n) is 2.74. The Morgan fingerprint density at radius 3 is 2.61 bits per heavy atom. The molecule has 0 atom stereocenters. The topological polar surface area (TPSA) is 15.3 Å². The molecule has 18 heavy (non-hydrogen) atoms. The van der Waals surface area contributed by atoms with Crippen LogP contribution in [-0.4, -0.2) is 30.6 Å². The maximum absolute atomic E-state index is 3.75. The number of nitrogens with one attached hydrogen (secondary N) is 1. The first-order chi connectivity index (χ1) is 8.79. The molecule has 0 amide bonds. The SMILES string of the molecule is Cc1ccc(CN2CCC(NCC3CC3)CC2)s1. The highest BCUT2D eigenvalue weighted by Crippen LogP contribution is 2.28. The van der Waals surface area contributed by atoms with E-state index in [1.807, 2.05) is 11.3 Å². The van der Waals surface area contributed by atoms with Crippen molar-refractivity contribution in [2.45, 2.75) is 45.2 Å². The summed E-state index contributed by atoms with van der Waals surface area (Å²) in [6.45, 7) is 7.16. The summed E-state index contributed by atoms with van der Waals surface area (Å²) in [6, 6.07) is 5.31. The zero-order valence-electron chi connectivity index (χ0n) is 11.3. The molecule has 100 valence electrons. The lowest BCUT2D eigenvalue weighted by Gasteiger charge is -2.32. The fourth-order valence-corrected chi connectivity index (χ4v) is 3.67. The number of hydrogen-bond acceptors (Lipinski definition) is 3. The summed E-state index contributed by atoms with van der Waals surface area (Å²) in [5.41, 5.74) is 0. The number of thiophene rings is 1. The van der Waals surface area contributed by atoms with Crippen LogP contribution in [0, 0.1) is 12.8 Å². The minimum atomic E-state index is 0.784. The van der Waals surface area contributed by atoms with Crippen molar-refractivity contribution in [1.82, 2.24) is 10.2 Å². The molecule has 2 fully saturated rings. The van der Waals surface area contributed by atoms with Gasteiger partial charge >= 0.3 is 0 Å². The summed E-state index contributed by atoms with van der Waals surface area (Å²) in [5, 5.41) is 3.75. The van der Waals surface area contributed by atoms with Gasteiger partial charge in [0.25, 0.3) is 0 Å². The number of rotatable bonds is 5. The standard InChI is InChI=1S/C15H24N2S/c1-12-2-5-15(18-12)11-17-8-6-14(7-9-17)16-10-13-3-4-13/h2,5,13-14,16H,3-4,6-11H2,1H3. The first-order valence-corrected chi connectivity index (χ1v) is 8.12. The second-order valence-corrected chi connectivity index (χ2v) is 7.29. The van der Waals surface area contributed by atoms with Crippen molar-refractivity contribution in [2.75, 3.05) is 19.6 Å². The zero-order chi connectivity index (χ0) is 12.4. The molecule has 1 aliphatic heterocycles. The highest BCUT2D eigenvalue weighted by Gasteiger charge is 2.24. The molecule has 0 bridgehead atoms. The summed E-state index contributed by atoms with van der Waals surface area (Å²) in [6.07, 6.45) is 5.58. The van der Waals surface area contributed by atoms with Crippen LogP contribution in [-0.2, 0) is 6.54 Å². The van der Waals surface area contributed by atoms with Crippen LogP contribution < -0.4 is 5.32 Å². The third-order valence-electron chi connectivity index (χ3n) is 4.16. The van der Waals surface area contributed by atoms with Gasteiger partial charge in [0.1, 0.15) is 0 Å². The second-order valence-electron chi connectivity index (χ2n) is 5.91. The molecule has 1 aliphatic carbocycles. The van der Waals surface area contributed by atoms with Crippen LogP contribution in [0.25, 0.3) is 0 Å². The van der Waals surface area contributed by atoms with Gasteiger partial charge < -0.3 is 5.32 Å². The lowest BCUT2D eigenvalue weighted by molar-refractivity contribution is 0.191. The monoisotopic (exact) mass is 264 g/mol. The first kappa shape index (κ1) is 12.6. The molecule has 2 nitrogen and oxygen atoms in total. The Bertz CT molecular complexity index is 376. The molecule has 0 spiro atoms. The molecule has 1 N–H and O–H groups in total. The summed E-state index contributed by atoms with van der Waals surface area (Å²) in [5.74, 6) is 1.01. The van der Waals surface area contributed by atoms with Crippen molar-refractivity contribution in [3.05, 3.63) is 21.9 Å². The van der Waals surface area contributed by atoms with Crippen molar-refractivity contribution < 1.29 is 0 Å². The van der Waals surface area contributed by atoms with Crippen molar-refractivity contribution >= 4 is 11.3 Å². The minimum Gasteiger partial charge on any atom is -0.314 e. The van der Waals surface area contributed by atoms with E-state index in [1.54, 1.807) is 0 Å². The number of aryl methyl sites for hydroxylation is 1. The van der Waals surface area contributed by atoms with Gasteiger partial charge in [-0.2, -0.15) is 0 Å². The van der Waals surface area contributed by atoms with E-state index in [0.29, 0.717) is 0 Å². The van der Waals surface area contributed by atoms with Crippen LogP contribution in [0.1, 0.15) is 35.4 Å².